The third-order valence-corrected chi connectivity index (χ3v) is 4.80. The van der Waals surface area contributed by atoms with Gasteiger partial charge in [0, 0.05) is 19.1 Å². The molecule has 4 heteroatoms. The number of likely N-dealkylation sites (tertiary alicyclic amines) is 2. The Labute approximate surface area is 133 Å². The lowest BCUT2D eigenvalue weighted by atomic mass is 10.0. The SMILES string of the molecule is N#Cc1ccc(OCCN2CCCC(N3CCCC3)C2)cc1. The van der Waals surface area contributed by atoms with E-state index in [0.29, 0.717) is 5.56 Å². The number of ether oxygens (including phenoxy) is 1. The molecule has 0 amide bonds. The first-order valence-electron chi connectivity index (χ1n) is 8.44. The van der Waals surface area contributed by atoms with Crippen molar-refractivity contribution >= 4 is 0 Å². The van der Waals surface area contributed by atoms with Gasteiger partial charge < -0.3 is 4.74 Å². The van der Waals surface area contributed by atoms with Crippen LogP contribution in [0.1, 0.15) is 31.2 Å². The third kappa shape index (κ3) is 4.00. The van der Waals surface area contributed by atoms with Gasteiger partial charge in [0.05, 0.1) is 11.6 Å². The van der Waals surface area contributed by atoms with E-state index < -0.39 is 0 Å². The smallest absolute Gasteiger partial charge is 0.119 e. The maximum atomic E-state index is 8.79. The number of hydrogen-bond donors (Lipinski definition) is 0. The zero-order valence-corrected chi connectivity index (χ0v) is 13.2. The van der Waals surface area contributed by atoms with Crippen LogP contribution in [0.2, 0.25) is 0 Å². The molecule has 2 heterocycles. The number of hydrogen-bond acceptors (Lipinski definition) is 4. The zero-order valence-electron chi connectivity index (χ0n) is 13.2. The molecule has 2 aliphatic heterocycles. The number of piperidine rings is 1. The summed E-state index contributed by atoms with van der Waals surface area (Å²) in [5.74, 6) is 0.854. The Morgan fingerprint density at radius 1 is 1.09 bits per heavy atom. The number of rotatable bonds is 5. The molecule has 0 spiro atoms. The van der Waals surface area contributed by atoms with Crippen LogP contribution in [0.15, 0.2) is 24.3 Å². The van der Waals surface area contributed by atoms with Crippen LogP contribution < -0.4 is 4.74 Å². The van der Waals surface area contributed by atoms with Gasteiger partial charge in [0.25, 0.3) is 0 Å². The summed E-state index contributed by atoms with van der Waals surface area (Å²) >= 11 is 0. The number of nitriles is 1. The molecule has 1 aromatic carbocycles. The first kappa shape index (κ1) is 15.3. The summed E-state index contributed by atoms with van der Waals surface area (Å²) in [4.78, 5) is 5.21. The van der Waals surface area contributed by atoms with Crippen LogP contribution in [0.25, 0.3) is 0 Å². The highest BCUT2D eigenvalue weighted by Gasteiger charge is 2.26. The highest BCUT2D eigenvalue weighted by atomic mass is 16.5. The summed E-state index contributed by atoms with van der Waals surface area (Å²) in [7, 11) is 0. The van der Waals surface area contributed by atoms with Crippen LogP contribution in [0.3, 0.4) is 0 Å². The molecule has 2 aliphatic rings. The Kier molecular flexibility index (Phi) is 5.31. The lowest BCUT2D eigenvalue weighted by Gasteiger charge is -2.37. The second kappa shape index (κ2) is 7.62. The van der Waals surface area contributed by atoms with Crippen LogP contribution in [-0.2, 0) is 0 Å². The van der Waals surface area contributed by atoms with Gasteiger partial charge in [-0.1, -0.05) is 0 Å². The molecule has 118 valence electrons. The van der Waals surface area contributed by atoms with Crippen molar-refractivity contribution in [2.75, 3.05) is 39.3 Å². The Morgan fingerprint density at radius 2 is 1.86 bits per heavy atom. The second-order valence-electron chi connectivity index (χ2n) is 6.32. The minimum absolute atomic E-state index is 0.678. The second-order valence-corrected chi connectivity index (χ2v) is 6.32. The Bertz CT molecular complexity index is 502. The van der Waals surface area contributed by atoms with E-state index in [4.69, 9.17) is 10.00 Å². The first-order chi connectivity index (χ1) is 10.8. The fourth-order valence-electron chi connectivity index (χ4n) is 3.56. The molecule has 1 unspecified atom stereocenters. The van der Waals surface area contributed by atoms with Crippen molar-refractivity contribution < 1.29 is 4.74 Å². The summed E-state index contributed by atoms with van der Waals surface area (Å²) in [6.45, 7) is 6.68. The van der Waals surface area contributed by atoms with E-state index in [9.17, 15) is 0 Å². The average Bonchev–Trinajstić information content (AvgIpc) is 3.10. The van der Waals surface area contributed by atoms with Crippen LogP contribution >= 0.6 is 0 Å². The zero-order chi connectivity index (χ0) is 15.2. The van der Waals surface area contributed by atoms with E-state index in [2.05, 4.69) is 15.9 Å². The van der Waals surface area contributed by atoms with E-state index in [1.807, 2.05) is 12.1 Å². The maximum absolute atomic E-state index is 8.79. The van der Waals surface area contributed by atoms with Crippen molar-refractivity contribution in [3.05, 3.63) is 29.8 Å². The van der Waals surface area contributed by atoms with E-state index in [-0.39, 0.29) is 0 Å². The lowest BCUT2D eigenvalue weighted by Crippen LogP contribution is -2.47. The summed E-state index contributed by atoms with van der Waals surface area (Å²) in [5.41, 5.74) is 0.678. The van der Waals surface area contributed by atoms with Crippen molar-refractivity contribution in [1.82, 2.24) is 9.80 Å². The van der Waals surface area contributed by atoms with Crippen LogP contribution in [0.5, 0.6) is 5.75 Å². The van der Waals surface area contributed by atoms with Crippen LogP contribution in [0, 0.1) is 11.3 Å². The van der Waals surface area contributed by atoms with Gasteiger partial charge in [-0.3, -0.25) is 9.80 Å². The predicted molar refractivity (Wildman–Crippen MR) is 86.9 cm³/mol. The molecule has 1 atom stereocenters. The highest BCUT2D eigenvalue weighted by molar-refractivity contribution is 5.34. The summed E-state index contributed by atoms with van der Waals surface area (Å²) in [6.07, 6.45) is 5.40. The van der Waals surface area contributed by atoms with E-state index >= 15 is 0 Å². The average molecular weight is 299 g/mol. The molecule has 0 aliphatic carbocycles. The predicted octanol–water partition coefficient (Wildman–Crippen LogP) is 2.50. The molecule has 0 saturated carbocycles. The Morgan fingerprint density at radius 3 is 2.59 bits per heavy atom. The molecule has 1 aromatic rings. The molecule has 0 aromatic heterocycles. The largest absolute Gasteiger partial charge is 0.492 e. The normalized spacial score (nSPS) is 23.3. The van der Waals surface area contributed by atoms with Crippen molar-refractivity contribution in [3.63, 3.8) is 0 Å². The molecule has 2 saturated heterocycles. The number of nitrogens with zero attached hydrogens (tertiary/aromatic N) is 3. The van der Waals surface area contributed by atoms with E-state index in [0.717, 1.165) is 24.9 Å². The molecular weight excluding hydrogens is 274 g/mol. The molecule has 0 N–H and O–H groups in total. The quantitative estimate of drug-likeness (QED) is 0.837. The molecule has 4 nitrogen and oxygen atoms in total. The van der Waals surface area contributed by atoms with E-state index in [1.54, 1.807) is 12.1 Å². The summed E-state index contributed by atoms with van der Waals surface area (Å²) in [6, 6.07) is 10.2. The van der Waals surface area contributed by atoms with Gasteiger partial charge in [0.15, 0.2) is 0 Å². The van der Waals surface area contributed by atoms with Crippen molar-refractivity contribution in [2.24, 2.45) is 0 Å². The van der Waals surface area contributed by atoms with Gasteiger partial charge in [0.2, 0.25) is 0 Å². The van der Waals surface area contributed by atoms with Gasteiger partial charge >= 0.3 is 0 Å². The van der Waals surface area contributed by atoms with Gasteiger partial charge in [0.1, 0.15) is 12.4 Å². The third-order valence-electron chi connectivity index (χ3n) is 4.80. The standard InChI is InChI=1S/C18H25N3O/c19-14-16-5-7-18(8-6-16)22-13-12-20-9-3-4-17(15-20)21-10-1-2-11-21/h5-8,17H,1-4,9-13,15H2. The number of benzene rings is 1. The first-order valence-corrected chi connectivity index (χ1v) is 8.44. The minimum Gasteiger partial charge on any atom is -0.492 e. The molecule has 0 bridgehead atoms. The van der Waals surface area contributed by atoms with Crippen LogP contribution in [0.4, 0.5) is 0 Å². The van der Waals surface area contributed by atoms with Crippen molar-refractivity contribution in [2.45, 2.75) is 31.7 Å². The lowest BCUT2D eigenvalue weighted by molar-refractivity contribution is 0.103. The molecule has 3 rings (SSSR count). The topological polar surface area (TPSA) is 39.5 Å². The Hall–Kier alpha value is -1.57. The fourth-order valence-corrected chi connectivity index (χ4v) is 3.56. The maximum Gasteiger partial charge on any atom is 0.119 e. The Balaban J connectivity index is 1.41. The minimum atomic E-state index is 0.678. The summed E-state index contributed by atoms with van der Waals surface area (Å²) in [5, 5.41) is 8.79. The van der Waals surface area contributed by atoms with Gasteiger partial charge in [-0.15, -0.1) is 0 Å². The van der Waals surface area contributed by atoms with Crippen molar-refractivity contribution in [3.8, 4) is 11.8 Å². The highest BCUT2D eigenvalue weighted by Crippen LogP contribution is 2.20. The molecule has 22 heavy (non-hydrogen) atoms. The van der Waals surface area contributed by atoms with Crippen LogP contribution in [-0.4, -0.2) is 55.2 Å². The van der Waals surface area contributed by atoms with Gasteiger partial charge in [-0.2, -0.15) is 5.26 Å². The molecular formula is C18H25N3O. The monoisotopic (exact) mass is 299 g/mol. The molecule has 2 fully saturated rings. The summed E-state index contributed by atoms with van der Waals surface area (Å²) < 4.78 is 5.80. The van der Waals surface area contributed by atoms with Gasteiger partial charge in [-0.25, -0.2) is 0 Å². The van der Waals surface area contributed by atoms with Crippen molar-refractivity contribution in [1.29, 1.82) is 5.26 Å². The van der Waals surface area contributed by atoms with E-state index in [1.165, 1.54) is 51.9 Å². The fraction of sp³-hybridized carbons (Fsp3) is 0.611. The molecule has 0 radical (unpaired) electrons. The van der Waals surface area contributed by atoms with Gasteiger partial charge in [-0.05, 0) is 69.6 Å².